The van der Waals surface area contributed by atoms with E-state index in [1.807, 2.05) is 6.07 Å². The van der Waals surface area contributed by atoms with Gasteiger partial charge in [-0.15, -0.1) is 0 Å². The average Bonchev–Trinajstić information content (AvgIpc) is 2.60. The standard InChI is InChI=1S/C18H23N3O2/c1-23-18-17(20-8-9-21-18)14-10-13(11-16(22)12-14)5-6-15-4-2-3-7-19-15/h8-12,15,19,22H,2-7H2,1H3/t15-/m0/s1. The number of methoxy groups -OCH3 is 1. The number of phenols is 1. The van der Waals surface area contributed by atoms with Crippen LogP contribution in [0.5, 0.6) is 11.6 Å². The number of piperidine rings is 1. The highest BCUT2D eigenvalue weighted by molar-refractivity contribution is 5.66. The number of benzene rings is 1. The number of ether oxygens (including phenoxy) is 1. The van der Waals surface area contributed by atoms with E-state index >= 15 is 0 Å². The predicted octanol–water partition coefficient (Wildman–Crippen LogP) is 2.93. The Morgan fingerprint density at radius 2 is 2.09 bits per heavy atom. The second-order valence-electron chi connectivity index (χ2n) is 5.99. The zero-order valence-electron chi connectivity index (χ0n) is 13.5. The Balaban J connectivity index is 1.78. The summed E-state index contributed by atoms with van der Waals surface area (Å²) in [5.74, 6) is 0.722. The Kier molecular flexibility index (Phi) is 5.08. The van der Waals surface area contributed by atoms with Gasteiger partial charge in [0, 0.05) is 24.0 Å². The third-order valence-corrected chi connectivity index (χ3v) is 4.30. The maximum absolute atomic E-state index is 10.1. The van der Waals surface area contributed by atoms with Gasteiger partial charge in [0.05, 0.1) is 7.11 Å². The van der Waals surface area contributed by atoms with E-state index in [9.17, 15) is 5.11 Å². The third-order valence-electron chi connectivity index (χ3n) is 4.30. The molecule has 5 heteroatoms. The molecule has 5 nitrogen and oxygen atoms in total. The van der Waals surface area contributed by atoms with E-state index in [1.165, 1.54) is 19.3 Å². The number of hydrogen-bond donors (Lipinski definition) is 2. The molecule has 1 fully saturated rings. The molecule has 0 unspecified atom stereocenters. The normalized spacial score (nSPS) is 17.9. The van der Waals surface area contributed by atoms with Crippen molar-refractivity contribution >= 4 is 0 Å². The van der Waals surface area contributed by atoms with E-state index in [2.05, 4.69) is 21.4 Å². The second-order valence-corrected chi connectivity index (χ2v) is 5.99. The Hall–Kier alpha value is -2.14. The van der Waals surface area contributed by atoms with E-state index in [4.69, 9.17) is 4.74 Å². The van der Waals surface area contributed by atoms with Crippen molar-refractivity contribution in [3.05, 3.63) is 36.2 Å². The number of nitrogens with zero attached hydrogens (tertiary/aromatic N) is 2. The van der Waals surface area contributed by atoms with E-state index in [0.29, 0.717) is 17.6 Å². The molecule has 1 atom stereocenters. The lowest BCUT2D eigenvalue weighted by Crippen LogP contribution is -2.34. The van der Waals surface area contributed by atoms with Gasteiger partial charge < -0.3 is 15.2 Å². The van der Waals surface area contributed by atoms with Crippen molar-refractivity contribution < 1.29 is 9.84 Å². The lowest BCUT2D eigenvalue weighted by atomic mass is 9.96. The molecule has 0 amide bonds. The van der Waals surface area contributed by atoms with Crippen LogP contribution in [-0.2, 0) is 6.42 Å². The zero-order chi connectivity index (χ0) is 16.1. The summed E-state index contributed by atoms with van der Waals surface area (Å²) in [6, 6.07) is 6.18. The molecule has 1 aromatic carbocycles. The van der Waals surface area contributed by atoms with Gasteiger partial charge in [0.1, 0.15) is 11.4 Å². The first-order chi connectivity index (χ1) is 11.3. The number of aromatic nitrogens is 2. The fourth-order valence-electron chi connectivity index (χ4n) is 3.14. The van der Waals surface area contributed by atoms with Gasteiger partial charge in [-0.1, -0.05) is 6.42 Å². The van der Waals surface area contributed by atoms with Gasteiger partial charge in [-0.3, -0.25) is 0 Å². The summed E-state index contributed by atoms with van der Waals surface area (Å²) in [5, 5.41) is 13.6. The maximum Gasteiger partial charge on any atom is 0.240 e. The molecule has 1 aliphatic heterocycles. The summed E-state index contributed by atoms with van der Waals surface area (Å²) < 4.78 is 5.27. The Labute approximate surface area is 136 Å². The summed E-state index contributed by atoms with van der Waals surface area (Å²) in [7, 11) is 1.58. The van der Waals surface area contributed by atoms with Crippen LogP contribution in [0.25, 0.3) is 11.3 Å². The van der Waals surface area contributed by atoms with Gasteiger partial charge in [-0.2, -0.15) is 0 Å². The van der Waals surface area contributed by atoms with Gasteiger partial charge >= 0.3 is 0 Å². The van der Waals surface area contributed by atoms with E-state index in [0.717, 1.165) is 30.5 Å². The SMILES string of the molecule is COc1nccnc1-c1cc(O)cc(CC[C@@H]2CCCCN2)c1. The van der Waals surface area contributed by atoms with Crippen LogP contribution in [0, 0.1) is 0 Å². The first-order valence-corrected chi connectivity index (χ1v) is 8.18. The molecule has 122 valence electrons. The topological polar surface area (TPSA) is 67.3 Å². The number of hydrogen-bond acceptors (Lipinski definition) is 5. The summed E-state index contributed by atoms with van der Waals surface area (Å²) in [6.45, 7) is 1.12. The van der Waals surface area contributed by atoms with Crippen molar-refractivity contribution in [1.29, 1.82) is 0 Å². The van der Waals surface area contributed by atoms with Crippen molar-refractivity contribution in [3.8, 4) is 22.9 Å². The molecular weight excluding hydrogens is 290 g/mol. The Morgan fingerprint density at radius 3 is 2.87 bits per heavy atom. The van der Waals surface area contributed by atoms with Crippen LogP contribution in [0.4, 0.5) is 0 Å². The quantitative estimate of drug-likeness (QED) is 0.888. The van der Waals surface area contributed by atoms with Crippen LogP contribution in [0.15, 0.2) is 30.6 Å². The molecule has 0 bridgehead atoms. The lowest BCUT2D eigenvalue weighted by molar-refractivity contribution is 0.382. The number of aryl methyl sites for hydroxylation is 1. The second kappa shape index (κ2) is 7.42. The first-order valence-electron chi connectivity index (χ1n) is 8.18. The molecule has 0 saturated carbocycles. The lowest BCUT2D eigenvalue weighted by Gasteiger charge is -2.23. The summed E-state index contributed by atoms with van der Waals surface area (Å²) in [6.07, 6.45) is 9.07. The van der Waals surface area contributed by atoms with Gasteiger partial charge in [0.2, 0.25) is 5.88 Å². The number of phenolic OH excluding ortho intramolecular Hbond substituents is 1. The van der Waals surface area contributed by atoms with Crippen LogP contribution < -0.4 is 10.1 Å². The molecule has 2 aromatic rings. The molecule has 0 radical (unpaired) electrons. The number of rotatable bonds is 5. The van der Waals surface area contributed by atoms with Crippen LogP contribution in [0.2, 0.25) is 0 Å². The fraction of sp³-hybridized carbons (Fsp3) is 0.444. The highest BCUT2D eigenvalue weighted by Gasteiger charge is 2.14. The fourth-order valence-corrected chi connectivity index (χ4v) is 3.14. The minimum Gasteiger partial charge on any atom is -0.508 e. The smallest absolute Gasteiger partial charge is 0.240 e. The van der Waals surface area contributed by atoms with Crippen molar-refractivity contribution in [3.63, 3.8) is 0 Å². The minimum absolute atomic E-state index is 0.252. The maximum atomic E-state index is 10.1. The molecule has 23 heavy (non-hydrogen) atoms. The van der Waals surface area contributed by atoms with E-state index in [-0.39, 0.29) is 5.75 Å². The zero-order valence-corrected chi connectivity index (χ0v) is 13.5. The van der Waals surface area contributed by atoms with Crippen LogP contribution in [0.1, 0.15) is 31.2 Å². The monoisotopic (exact) mass is 313 g/mol. The molecule has 1 saturated heterocycles. The predicted molar refractivity (Wildman–Crippen MR) is 89.6 cm³/mol. The van der Waals surface area contributed by atoms with Crippen molar-refractivity contribution in [1.82, 2.24) is 15.3 Å². The van der Waals surface area contributed by atoms with Crippen molar-refractivity contribution in [2.45, 2.75) is 38.1 Å². The molecule has 2 heterocycles. The summed E-state index contributed by atoms with van der Waals surface area (Å²) in [4.78, 5) is 8.52. The Bertz CT molecular complexity index is 654. The molecule has 0 spiro atoms. The summed E-state index contributed by atoms with van der Waals surface area (Å²) in [5.41, 5.74) is 2.60. The summed E-state index contributed by atoms with van der Waals surface area (Å²) >= 11 is 0. The van der Waals surface area contributed by atoms with Crippen LogP contribution in [0.3, 0.4) is 0 Å². The highest BCUT2D eigenvalue weighted by atomic mass is 16.5. The van der Waals surface area contributed by atoms with E-state index < -0.39 is 0 Å². The molecule has 2 N–H and O–H groups in total. The molecule has 1 aromatic heterocycles. The van der Waals surface area contributed by atoms with Crippen LogP contribution >= 0.6 is 0 Å². The third kappa shape index (κ3) is 3.99. The van der Waals surface area contributed by atoms with Gasteiger partial charge in [0.25, 0.3) is 0 Å². The van der Waals surface area contributed by atoms with Gasteiger partial charge in [0.15, 0.2) is 0 Å². The van der Waals surface area contributed by atoms with Crippen molar-refractivity contribution in [2.24, 2.45) is 0 Å². The number of aromatic hydroxyl groups is 1. The highest BCUT2D eigenvalue weighted by Crippen LogP contribution is 2.30. The molecule has 0 aliphatic carbocycles. The average molecular weight is 313 g/mol. The Morgan fingerprint density at radius 1 is 1.22 bits per heavy atom. The first kappa shape index (κ1) is 15.7. The number of nitrogens with one attached hydrogen (secondary N) is 1. The molecular formula is C18H23N3O2. The van der Waals surface area contributed by atoms with E-state index in [1.54, 1.807) is 25.6 Å². The van der Waals surface area contributed by atoms with Crippen LogP contribution in [-0.4, -0.2) is 34.8 Å². The minimum atomic E-state index is 0.252. The molecule has 1 aliphatic rings. The van der Waals surface area contributed by atoms with Gasteiger partial charge in [-0.05, 0) is 56.0 Å². The molecule has 3 rings (SSSR count). The largest absolute Gasteiger partial charge is 0.508 e. The van der Waals surface area contributed by atoms with Crippen molar-refractivity contribution in [2.75, 3.05) is 13.7 Å². The van der Waals surface area contributed by atoms with Gasteiger partial charge in [-0.25, -0.2) is 9.97 Å².